The summed E-state index contributed by atoms with van der Waals surface area (Å²) in [6.45, 7) is 1.98. The van der Waals surface area contributed by atoms with E-state index in [0.29, 0.717) is 40.7 Å². The molecule has 0 unspecified atom stereocenters. The maximum absolute atomic E-state index is 13.2. The van der Waals surface area contributed by atoms with Crippen LogP contribution in [0.15, 0.2) is 84.4 Å². The lowest BCUT2D eigenvalue weighted by molar-refractivity contribution is -0.122. The van der Waals surface area contributed by atoms with Crippen molar-refractivity contribution >= 4 is 40.7 Å². The minimum atomic E-state index is -0.406. The molecule has 1 heterocycles. The Kier molecular flexibility index (Phi) is 6.14. The first-order chi connectivity index (χ1) is 16.9. The minimum Gasteiger partial charge on any atom is -0.457 e. The number of benzene rings is 3. The first-order valence-corrected chi connectivity index (χ1v) is 11.8. The summed E-state index contributed by atoms with van der Waals surface area (Å²) in [5.41, 5.74) is 2.25. The van der Waals surface area contributed by atoms with Crippen LogP contribution in [-0.4, -0.2) is 17.7 Å². The van der Waals surface area contributed by atoms with Gasteiger partial charge in [0.05, 0.1) is 23.1 Å². The van der Waals surface area contributed by atoms with Crippen LogP contribution in [-0.2, 0) is 9.59 Å². The van der Waals surface area contributed by atoms with Crippen molar-refractivity contribution in [2.45, 2.75) is 19.8 Å². The summed E-state index contributed by atoms with van der Waals surface area (Å²) in [7, 11) is 0. The molecule has 7 heteroatoms. The Hall–Kier alpha value is -3.90. The second-order valence-electron chi connectivity index (χ2n) is 8.77. The number of carbonyl (C=O) groups is 3. The second kappa shape index (κ2) is 9.39. The van der Waals surface area contributed by atoms with E-state index in [2.05, 4.69) is 5.32 Å². The summed E-state index contributed by atoms with van der Waals surface area (Å²) in [6, 6.07) is 20.6. The number of amides is 3. The van der Waals surface area contributed by atoms with Crippen molar-refractivity contribution in [3.8, 4) is 11.5 Å². The average molecular weight is 487 g/mol. The van der Waals surface area contributed by atoms with Crippen LogP contribution < -0.4 is 15.0 Å². The fraction of sp³-hybridized carbons (Fsp3) is 0.179. The van der Waals surface area contributed by atoms with Gasteiger partial charge in [0.2, 0.25) is 11.8 Å². The third kappa shape index (κ3) is 4.57. The van der Waals surface area contributed by atoms with Crippen LogP contribution in [0.1, 0.15) is 30.1 Å². The summed E-state index contributed by atoms with van der Waals surface area (Å²) in [5, 5.41) is 3.47. The predicted molar refractivity (Wildman–Crippen MR) is 135 cm³/mol. The van der Waals surface area contributed by atoms with Gasteiger partial charge in [0.1, 0.15) is 11.5 Å². The lowest BCUT2D eigenvalue weighted by Gasteiger charge is -2.19. The number of rotatable bonds is 5. The van der Waals surface area contributed by atoms with E-state index in [1.807, 2.05) is 13.0 Å². The fourth-order valence-electron chi connectivity index (χ4n) is 4.58. The van der Waals surface area contributed by atoms with Crippen molar-refractivity contribution in [2.75, 3.05) is 10.2 Å². The number of ether oxygens (including phenoxy) is 1. The van der Waals surface area contributed by atoms with E-state index in [0.717, 1.165) is 5.57 Å². The molecule has 35 heavy (non-hydrogen) atoms. The number of nitrogens with one attached hydrogen (secondary N) is 1. The fourth-order valence-corrected chi connectivity index (χ4v) is 4.70. The summed E-state index contributed by atoms with van der Waals surface area (Å²) in [5.74, 6) is -0.371. The lowest BCUT2D eigenvalue weighted by Crippen LogP contribution is -2.33. The minimum absolute atomic E-state index is 0.239. The lowest BCUT2D eigenvalue weighted by atomic mass is 9.82. The molecule has 3 amide bonds. The van der Waals surface area contributed by atoms with Crippen LogP contribution in [0.5, 0.6) is 11.5 Å². The van der Waals surface area contributed by atoms with E-state index < -0.39 is 5.91 Å². The molecule has 3 aromatic rings. The maximum atomic E-state index is 13.2. The molecular weight excluding hydrogens is 464 g/mol. The molecule has 2 atom stereocenters. The van der Waals surface area contributed by atoms with E-state index >= 15 is 0 Å². The zero-order chi connectivity index (χ0) is 24.5. The van der Waals surface area contributed by atoms with Crippen molar-refractivity contribution in [1.29, 1.82) is 0 Å². The van der Waals surface area contributed by atoms with Gasteiger partial charge >= 0.3 is 0 Å². The third-order valence-electron chi connectivity index (χ3n) is 6.37. The van der Waals surface area contributed by atoms with E-state index in [4.69, 9.17) is 16.3 Å². The molecule has 3 aromatic carbocycles. The van der Waals surface area contributed by atoms with Gasteiger partial charge in [0.25, 0.3) is 5.91 Å². The molecule has 176 valence electrons. The normalized spacial score (nSPS) is 19.3. The van der Waals surface area contributed by atoms with E-state index in [1.165, 1.54) is 4.90 Å². The highest BCUT2D eigenvalue weighted by Gasteiger charge is 2.49. The van der Waals surface area contributed by atoms with E-state index in [-0.39, 0.29) is 29.2 Å². The Labute approximate surface area is 208 Å². The quantitative estimate of drug-likeness (QED) is 0.342. The molecule has 0 spiro atoms. The van der Waals surface area contributed by atoms with E-state index in [1.54, 1.807) is 72.8 Å². The summed E-state index contributed by atoms with van der Waals surface area (Å²) >= 11 is 5.90. The molecule has 1 fully saturated rings. The molecular formula is C28H23ClN2O4. The van der Waals surface area contributed by atoms with Crippen LogP contribution in [0.25, 0.3) is 0 Å². The number of carbonyl (C=O) groups excluding carboxylic acids is 3. The predicted octanol–water partition coefficient (Wildman–Crippen LogP) is 6.23. The summed E-state index contributed by atoms with van der Waals surface area (Å²) in [4.78, 5) is 40.6. The third-order valence-corrected chi connectivity index (χ3v) is 6.63. The van der Waals surface area contributed by atoms with Gasteiger partial charge in [-0.25, -0.2) is 4.90 Å². The topological polar surface area (TPSA) is 75.7 Å². The number of anilines is 2. The zero-order valence-electron chi connectivity index (χ0n) is 19.0. The van der Waals surface area contributed by atoms with Gasteiger partial charge in [-0.3, -0.25) is 14.4 Å². The molecule has 2 aliphatic rings. The largest absolute Gasteiger partial charge is 0.457 e. The molecule has 0 saturated carbocycles. The molecule has 6 nitrogen and oxygen atoms in total. The van der Waals surface area contributed by atoms with Crippen LogP contribution >= 0.6 is 11.6 Å². The molecule has 1 N–H and O–H groups in total. The molecule has 0 aromatic heterocycles. The smallest absolute Gasteiger partial charge is 0.257 e. The van der Waals surface area contributed by atoms with Gasteiger partial charge in [0, 0.05) is 10.7 Å². The first kappa shape index (κ1) is 22.9. The number of nitrogens with zero attached hydrogens (tertiary/aromatic N) is 1. The van der Waals surface area contributed by atoms with Crippen molar-refractivity contribution in [2.24, 2.45) is 11.8 Å². The Morgan fingerprint density at radius 1 is 0.914 bits per heavy atom. The number of halogens is 1. The standard InChI is InChI=1S/C28H23ClN2O4/c1-17-6-15-22-24(16-17)28(34)31(27(22)33)25-5-3-2-4-23(25)26(32)30-19-9-13-21(14-10-19)35-20-11-7-18(29)8-12-20/h2-14,22,24H,15-16H2,1H3,(H,30,32)/t22-,24+/m1/s1. The molecule has 1 saturated heterocycles. The number of hydrogen-bond acceptors (Lipinski definition) is 4. The number of hydrogen-bond donors (Lipinski definition) is 1. The van der Waals surface area contributed by atoms with Crippen LogP contribution in [0, 0.1) is 11.8 Å². The van der Waals surface area contributed by atoms with Crippen molar-refractivity contribution < 1.29 is 19.1 Å². The Morgan fingerprint density at radius 2 is 1.54 bits per heavy atom. The molecule has 0 bridgehead atoms. The zero-order valence-corrected chi connectivity index (χ0v) is 19.8. The van der Waals surface area contributed by atoms with Crippen molar-refractivity contribution in [3.05, 3.63) is 95.0 Å². The summed E-state index contributed by atoms with van der Waals surface area (Å²) < 4.78 is 5.78. The Bertz CT molecular complexity index is 1330. The van der Waals surface area contributed by atoms with Crippen LogP contribution in [0.2, 0.25) is 5.02 Å². The van der Waals surface area contributed by atoms with Gasteiger partial charge < -0.3 is 10.1 Å². The number of fused-ring (bicyclic) bond motifs is 1. The van der Waals surface area contributed by atoms with Crippen LogP contribution in [0.3, 0.4) is 0 Å². The van der Waals surface area contributed by atoms with Gasteiger partial charge in [-0.2, -0.15) is 0 Å². The SMILES string of the molecule is CC1=CC[C@H]2C(=O)N(c3ccccc3C(=O)Nc3ccc(Oc4ccc(Cl)cc4)cc3)C(=O)[C@H]2C1. The van der Waals surface area contributed by atoms with Crippen molar-refractivity contribution in [3.63, 3.8) is 0 Å². The van der Waals surface area contributed by atoms with Gasteiger partial charge in [0.15, 0.2) is 0 Å². The van der Waals surface area contributed by atoms with Crippen LogP contribution in [0.4, 0.5) is 11.4 Å². The monoisotopic (exact) mass is 486 g/mol. The molecule has 5 rings (SSSR count). The average Bonchev–Trinajstić information content (AvgIpc) is 3.10. The van der Waals surface area contributed by atoms with Gasteiger partial charge in [-0.15, -0.1) is 0 Å². The summed E-state index contributed by atoms with van der Waals surface area (Å²) in [6.07, 6.45) is 3.15. The molecule has 1 aliphatic heterocycles. The van der Waals surface area contributed by atoms with E-state index in [9.17, 15) is 14.4 Å². The van der Waals surface area contributed by atoms with Gasteiger partial charge in [-0.1, -0.05) is 35.4 Å². The first-order valence-electron chi connectivity index (χ1n) is 11.4. The Morgan fingerprint density at radius 3 is 2.26 bits per heavy atom. The maximum Gasteiger partial charge on any atom is 0.257 e. The van der Waals surface area contributed by atoms with Crippen molar-refractivity contribution in [1.82, 2.24) is 0 Å². The van der Waals surface area contributed by atoms with Gasteiger partial charge in [-0.05, 0) is 80.4 Å². The number of allylic oxidation sites excluding steroid dienone is 2. The Balaban J connectivity index is 1.33. The highest BCUT2D eigenvalue weighted by atomic mass is 35.5. The highest BCUT2D eigenvalue weighted by Crippen LogP contribution is 2.40. The molecule has 0 radical (unpaired) electrons. The second-order valence-corrected chi connectivity index (χ2v) is 9.20. The molecule has 1 aliphatic carbocycles. The highest BCUT2D eigenvalue weighted by molar-refractivity contribution is 6.30. The number of imide groups is 1. The number of para-hydroxylation sites is 1.